The van der Waals surface area contributed by atoms with E-state index in [4.69, 9.17) is 4.74 Å². The number of nitrogens with one attached hydrogen (secondary N) is 3. The number of sulfonamides is 1. The van der Waals surface area contributed by atoms with E-state index < -0.39 is 10.0 Å². The lowest BCUT2D eigenvalue weighted by atomic mass is 9.88. The Kier molecular flexibility index (Phi) is 6.36. The number of anilines is 2. The van der Waals surface area contributed by atoms with Crippen LogP contribution in [0.4, 0.5) is 11.4 Å². The summed E-state index contributed by atoms with van der Waals surface area (Å²) in [5.74, 6) is 0.0784. The molecule has 3 N–H and O–H groups in total. The van der Waals surface area contributed by atoms with Gasteiger partial charge in [0.15, 0.2) is 0 Å². The minimum Gasteiger partial charge on any atom is -0.384 e. The van der Waals surface area contributed by atoms with Crippen LogP contribution >= 0.6 is 0 Å². The topological polar surface area (TPSA) is 99.8 Å². The summed E-state index contributed by atoms with van der Waals surface area (Å²) >= 11 is 0. The third-order valence-electron chi connectivity index (χ3n) is 5.16. The van der Waals surface area contributed by atoms with Gasteiger partial charge in [0.25, 0.3) is 0 Å². The first-order valence-electron chi connectivity index (χ1n) is 9.41. The molecule has 9 heteroatoms. The molecule has 1 amide bonds. The zero-order valence-corrected chi connectivity index (χ0v) is 16.6. The van der Waals surface area contributed by atoms with Gasteiger partial charge in [0.05, 0.1) is 29.5 Å². The van der Waals surface area contributed by atoms with Crippen LogP contribution in [-0.2, 0) is 19.6 Å². The Morgan fingerprint density at radius 1 is 1.30 bits per heavy atom. The zero-order valence-electron chi connectivity index (χ0n) is 15.8. The van der Waals surface area contributed by atoms with Gasteiger partial charge >= 0.3 is 0 Å². The van der Waals surface area contributed by atoms with Gasteiger partial charge in [0, 0.05) is 25.6 Å². The van der Waals surface area contributed by atoms with Crippen LogP contribution in [0.15, 0.2) is 23.1 Å². The van der Waals surface area contributed by atoms with E-state index in [9.17, 15) is 13.2 Å². The molecule has 1 unspecified atom stereocenters. The van der Waals surface area contributed by atoms with E-state index in [2.05, 4.69) is 16.0 Å². The zero-order chi connectivity index (χ0) is 19.4. The van der Waals surface area contributed by atoms with Crippen LogP contribution in [0.2, 0.25) is 0 Å². The Hall–Kier alpha value is -1.68. The summed E-state index contributed by atoms with van der Waals surface area (Å²) in [5.41, 5.74) is 1.21. The molecule has 8 nitrogen and oxygen atoms in total. The van der Waals surface area contributed by atoms with Crippen molar-refractivity contribution in [3.05, 3.63) is 18.2 Å². The molecule has 1 atom stereocenters. The summed E-state index contributed by atoms with van der Waals surface area (Å²) < 4.78 is 32.5. The van der Waals surface area contributed by atoms with E-state index in [1.54, 1.807) is 18.2 Å². The molecule has 0 aromatic heterocycles. The molecule has 1 aromatic rings. The van der Waals surface area contributed by atoms with Crippen LogP contribution in [-0.4, -0.2) is 64.6 Å². The van der Waals surface area contributed by atoms with Crippen molar-refractivity contribution in [1.82, 2.24) is 9.62 Å². The van der Waals surface area contributed by atoms with Crippen LogP contribution < -0.4 is 16.0 Å². The normalized spacial score (nSPS) is 19.9. The predicted molar refractivity (Wildman–Crippen MR) is 104 cm³/mol. The fourth-order valence-electron chi connectivity index (χ4n) is 3.19. The Labute approximate surface area is 160 Å². The predicted octanol–water partition coefficient (Wildman–Crippen LogP) is 0.933. The third kappa shape index (κ3) is 4.43. The van der Waals surface area contributed by atoms with Crippen LogP contribution in [0.5, 0.6) is 0 Å². The number of benzene rings is 1. The maximum atomic E-state index is 12.9. The lowest BCUT2D eigenvalue weighted by Crippen LogP contribution is -2.48. The molecule has 0 radical (unpaired) electrons. The summed E-state index contributed by atoms with van der Waals surface area (Å²) in [4.78, 5) is 12.8. The molecule has 27 heavy (non-hydrogen) atoms. The number of amides is 1. The van der Waals surface area contributed by atoms with Crippen LogP contribution in [0, 0.1) is 11.8 Å². The molecular weight excluding hydrogens is 368 g/mol. The van der Waals surface area contributed by atoms with Gasteiger partial charge in [-0.25, -0.2) is 8.42 Å². The molecule has 150 valence electrons. The van der Waals surface area contributed by atoms with E-state index >= 15 is 0 Å². The van der Waals surface area contributed by atoms with E-state index in [-0.39, 0.29) is 16.7 Å². The first-order chi connectivity index (χ1) is 12.9. The molecule has 2 heterocycles. The molecule has 1 aromatic carbocycles. The minimum absolute atomic E-state index is 0.0958. The summed E-state index contributed by atoms with van der Waals surface area (Å²) in [6.07, 6.45) is 0. The molecule has 0 spiro atoms. The maximum absolute atomic E-state index is 12.9. The van der Waals surface area contributed by atoms with Crippen LogP contribution in [0.25, 0.3) is 0 Å². The molecule has 0 bridgehead atoms. The number of morpholine rings is 1. The SMILES string of the molecule is CCNc1ccc(S(=O)(=O)N2CCOCC2)cc1NC(=O)C(C)C1CNC1. The number of nitrogens with zero attached hydrogens (tertiary/aromatic N) is 1. The van der Waals surface area contributed by atoms with E-state index in [0.717, 1.165) is 13.1 Å². The van der Waals surface area contributed by atoms with Crippen molar-refractivity contribution in [1.29, 1.82) is 0 Å². The van der Waals surface area contributed by atoms with Gasteiger partial charge in [0.2, 0.25) is 15.9 Å². The average molecular weight is 397 g/mol. The van der Waals surface area contributed by atoms with E-state index in [1.807, 2.05) is 13.8 Å². The van der Waals surface area contributed by atoms with Gasteiger partial charge in [-0.1, -0.05) is 6.92 Å². The van der Waals surface area contributed by atoms with Gasteiger partial charge in [0.1, 0.15) is 0 Å². The van der Waals surface area contributed by atoms with Crippen molar-refractivity contribution in [3.63, 3.8) is 0 Å². The molecule has 2 fully saturated rings. The summed E-state index contributed by atoms with van der Waals surface area (Å²) in [6, 6.07) is 4.84. The largest absolute Gasteiger partial charge is 0.384 e. The minimum atomic E-state index is -3.62. The van der Waals surface area contributed by atoms with E-state index in [0.29, 0.717) is 50.1 Å². The Morgan fingerprint density at radius 2 is 2.00 bits per heavy atom. The highest BCUT2D eigenvalue weighted by atomic mass is 32.2. The first kappa shape index (κ1) is 20.1. The second kappa shape index (κ2) is 8.55. The lowest BCUT2D eigenvalue weighted by Gasteiger charge is -2.32. The van der Waals surface area contributed by atoms with Gasteiger partial charge < -0.3 is 20.7 Å². The fraction of sp³-hybridized carbons (Fsp3) is 0.611. The monoisotopic (exact) mass is 396 g/mol. The molecule has 2 saturated heterocycles. The van der Waals surface area contributed by atoms with Crippen molar-refractivity contribution in [2.75, 3.05) is 56.6 Å². The van der Waals surface area contributed by atoms with Crippen molar-refractivity contribution in [2.24, 2.45) is 11.8 Å². The van der Waals surface area contributed by atoms with E-state index in [1.165, 1.54) is 4.31 Å². The number of carbonyl (C=O) groups excluding carboxylic acids is 1. The van der Waals surface area contributed by atoms with Gasteiger partial charge in [-0.05, 0) is 44.1 Å². The summed E-state index contributed by atoms with van der Waals surface area (Å²) in [5, 5.41) is 9.27. The average Bonchev–Trinajstić information content (AvgIpc) is 2.62. The number of hydrogen-bond acceptors (Lipinski definition) is 6. The van der Waals surface area contributed by atoms with Crippen molar-refractivity contribution < 1.29 is 17.9 Å². The smallest absolute Gasteiger partial charge is 0.243 e. The third-order valence-corrected chi connectivity index (χ3v) is 7.05. The van der Waals surface area contributed by atoms with Gasteiger partial charge in [-0.2, -0.15) is 4.31 Å². The number of carbonyl (C=O) groups is 1. The highest BCUT2D eigenvalue weighted by Crippen LogP contribution is 2.29. The Bertz CT molecular complexity index is 774. The standard InChI is InChI=1S/C18H28N4O4S/c1-3-20-16-5-4-15(27(24,25)22-6-8-26-9-7-22)10-17(16)21-18(23)13(2)14-11-19-12-14/h4-5,10,13-14,19-20H,3,6-9,11-12H2,1-2H3,(H,21,23). The quantitative estimate of drug-likeness (QED) is 0.634. The second-order valence-electron chi connectivity index (χ2n) is 6.95. The van der Waals surface area contributed by atoms with Crippen molar-refractivity contribution in [2.45, 2.75) is 18.7 Å². The van der Waals surface area contributed by atoms with Crippen LogP contribution in [0.3, 0.4) is 0 Å². The van der Waals surface area contributed by atoms with Gasteiger partial charge in [-0.3, -0.25) is 4.79 Å². The molecule has 0 aliphatic carbocycles. The first-order valence-corrected chi connectivity index (χ1v) is 10.8. The number of rotatable bonds is 7. The Balaban J connectivity index is 1.84. The van der Waals surface area contributed by atoms with Crippen molar-refractivity contribution >= 4 is 27.3 Å². The molecule has 3 rings (SSSR count). The Morgan fingerprint density at radius 3 is 2.59 bits per heavy atom. The highest BCUT2D eigenvalue weighted by molar-refractivity contribution is 7.89. The lowest BCUT2D eigenvalue weighted by molar-refractivity contribution is -0.121. The molecule has 2 aliphatic heterocycles. The molecule has 2 aliphatic rings. The fourth-order valence-corrected chi connectivity index (χ4v) is 4.63. The summed E-state index contributed by atoms with van der Waals surface area (Å²) in [7, 11) is -3.62. The molecule has 0 saturated carbocycles. The second-order valence-corrected chi connectivity index (χ2v) is 8.89. The number of hydrogen-bond donors (Lipinski definition) is 3. The summed E-state index contributed by atoms with van der Waals surface area (Å²) in [6.45, 7) is 7.65. The molecular formula is C18H28N4O4S. The maximum Gasteiger partial charge on any atom is 0.243 e. The van der Waals surface area contributed by atoms with Crippen molar-refractivity contribution in [3.8, 4) is 0 Å². The highest BCUT2D eigenvalue weighted by Gasteiger charge is 2.30. The van der Waals surface area contributed by atoms with Gasteiger partial charge in [-0.15, -0.1) is 0 Å². The van der Waals surface area contributed by atoms with Crippen LogP contribution in [0.1, 0.15) is 13.8 Å². The number of ether oxygens (including phenoxy) is 1.